The maximum absolute atomic E-state index is 12.2. The Kier molecular flexibility index (Phi) is 3.99. The fraction of sp³-hybridized carbons (Fsp3) is 0.923. The molecule has 2 fully saturated rings. The van der Waals surface area contributed by atoms with E-state index in [1.54, 1.807) is 0 Å². The van der Waals surface area contributed by atoms with Crippen LogP contribution in [0.3, 0.4) is 0 Å². The molecule has 0 aromatic carbocycles. The number of hydrogen-bond acceptors (Lipinski definition) is 4. The van der Waals surface area contributed by atoms with Crippen molar-refractivity contribution in [2.45, 2.75) is 44.9 Å². The van der Waals surface area contributed by atoms with Crippen LogP contribution in [0.25, 0.3) is 0 Å². The first-order chi connectivity index (χ1) is 8.45. The predicted molar refractivity (Wildman–Crippen MR) is 68.9 cm³/mol. The number of methoxy groups -OCH3 is 1. The minimum Gasteiger partial charge on any atom is -0.469 e. The van der Waals surface area contributed by atoms with Crippen LogP contribution in [0.15, 0.2) is 0 Å². The van der Waals surface area contributed by atoms with Crippen molar-refractivity contribution in [3.63, 3.8) is 0 Å². The van der Waals surface area contributed by atoms with Crippen molar-refractivity contribution in [3.8, 4) is 0 Å². The molecule has 2 rings (SSSR count). The molecule has 0 aromatic rings. The lowest BCUT2D eigenvalue weighted by molar-refractivity contribution is -0.141. The highest BCUT2D eigenvalue weighted by atomic mass is 32.2. The molecule has 2 aliphatic carbocycles. The lowest BCUT2D eigenvalue weighted by atomic mass is 10.1. The summed E-state index contributed by atoms with van der Waals surface area (Å²) in [6, 6.07) is 0. The molecule has 5 heteroatoms. The molecule has 18 heavy (non-hydrogen) atoms. The van der Waals surface area contributed by atoms with Gasteiger partial charge in [0.1, 0.15) is 0 Å². The molecule has 0 aliphatic heterocycles. The van der Waals surface area contributed by atoms with Crippen molar-refractivity contribution in [2.75, 3.05) is 18.6 Å². The summed E-state index contributed by atoms with van der Waals surface area (Å²) in [7, 11) is -1.67. The number of esters is 1. The average Bonchev–Trinajstić information content (AvgIpc) is 2.82. The van der Waals surface area contributed by atoms with Crippen LogP contribution < -0.4 is 0 Å². The first-order valence-electron chi connectivity index (χ1n) is 6.72. The number of carbonyl (C=O) groups is 1. The van der Waals surface area contributed by atoms with Gasteiger partial charge in [-0.1, -0.05) is 12.8 Å². The number of ether oxygens (including phenoxy) is 1. The smallest absolute Gasteiger partial charge is 0.306 e. The molecule has 0 radical (unpaired) electrons. The van der Waals surface area contributed by atoms with Crippen LogP contribution in [0.4, 0.5) is 0 Å². The molecule has 0 aromatic heterocycles. The third-order valence-electron chi connectivity index (χ3n) is 4.19. The molecule has 0 atom stereocenters. The van der Waals surface area contributed by atoms with E-state index in [9.17, 15) is 13.2 Å². The highest BCUT2D eigenvalue weighted by Crippen LogP contribution is 2.50. The number of carbonyl (C=O) groups excluding carboxylic acids is 1. The Morgan fingerprint density at radius 2 is 1.89 bits per heavy atom. The van der Waals surface area contributed by atoms with Gasteiger partial charge in [0.25, 0.3) is 0 Å². The molecule has 0 unspecified atom stereocenters. The molecule has 2 saturated carbocycles. The summed E-state index contributed by atoms with van der Waals surface area (Å²) >= 11 is 0. The topological polar surface area (TPSA) is 60.4 Å². The Balaban J connectivity index is 1.89. The second-order valence-corrected chi connectivity index (χ2v) is 8.07. The minimum atomic E-state index is -3.02. The van der Waals surface area contributed by atoms with Gasteiger partial charge in [0, 0.05) is 0 Å². The fourth-order valence-corrected chi connectivity index (χ4v) is 5.48. The molecule has 2 aliphatic rings. The van der Waals surface area contributed by atoms with Crippen molar-refractivity contribution in [1.82, 2.24) is 0 Å². The van der Waals surface area contributed by atoms with Crippen LogP contribution in [-0.4, -0.2) is 33.0 Å². The summed E-state index contributed by atoms with van der Waals surface area (Å²) in [5, 5.41) is 0. The van der Waals surface area contributed by atoms with E-state index in [1.807, 2.05) is 0 Å². The number of sulfone groups is 1. The quantitative estimate of drug-likeness (QED) is 0.694. The van der Waals surface area contributed by atoms with E-state index in [-0.39, 0.29) is 23.6 Å². The van der Waals surface area contributed by atoms with Gasteiger partial charge in [0.05, 0.1) is 25.0 Å². The molecule has 0 spiro atoms. The molecule has 104 valence electrons. The van der Waals surface area contributed by atoms with Gasteiger partial charge in [-0.15, -0.1) is 0 Å². The normalized spacial score (nSPS) is 22.9. The van der Waals surface area contributed by atoms with E-state index in [0.29, 0.717) is 11.7 Å². The van der Waals surface area contributed by atoms with Gasteiger partial charge in [-0.25, -0.2) is 8.42 Å². The van der Waals surface area contributed by atoms with E-state index in [0.717, 1.165) is 38.5 Å². The van der Waals surface area contributed by atoms with Gasteiger partial charge in [-0.3, -0.25) is 4.79 Å². The second-order valence-electron chi connectivity index (χ2n) is 5.96. The molecule has 0 heterocycles. The van der Waals surface area contributed by atoms with Crippen LogP contribution in [0.2, 0.25) is 0 Å². The lowest BCUT2D eigenvalue weighted by Gasteiger charge is -2.16. The summed E-state index contributed by atoms with van der Waals surface area (Å²) in [6.45, 7) is 0. The van der Waals surface area contributed by atoms with Gasteiger partial charge in [-0.05, 0) is 37.0 Å². The number of rotatable bonds is 6. The Hall–Kier alpha value is -0.580. The Morgan fingerprint density at radius 3 is 2.39 bits per heavy atom. The zero-order chi connectivity index (χ0) is 13.2. The van der Waals surface area contributed by atoms with Crippen molar-refractivity contribution in [1.29, 1.82) is 0 Å². The first-order valence-corrected chi connectivity index (χ1v) is 8.54. The standard InChI is InChI=1S/C13H22O4S/c1-17-12(14)8-13(6-7-13)10-18(15,16)9-11-4-2-3-5-11/h11H,2-10H2,1H3. The monoisotopic (exact) mass is 274 g/mol. The van der Waals surface area contributed by atoms with E-state index >= 15 is 0 Å². The minimum absolute atomic E-state index is 0.172. The van der Waals surface area contributed by atoms with E-state index in [1.165, 1.54) is 7.11 Å². The summed E-state index contributed by atoms with van der Waals surface area (Å²) in [5.74, 6) is 0.550. The SMILES string of the molecule is COC(=O)CC1(CS(=O)(=O)CC2CCCC2)CC1. The van der Waals surface area contributed by atoms with Crippen LogP contribution >= 0.6 is 0 Å². The van der Waals surface area contributed by atoms with Gasteiger partial charge in [0.2, 0.25) is 0 Å². The predicted octanol–water partition coefficient (Wildman–Crippen LogP) is 1.93. The van der Waals surface area contributed by atoms with Crippen LogP contribution in [0, 0.1) is 11.3 Å². The van der Waals surface area contributed by atoms with Crippen molar-refractivity contribution in [3.05, 3.63) is 0 Å². The molecular weight excluding hydrogens is 252 g/mol. The lowest BCUT2D eigenvalue weighted by Crippen LogP contribution is -2.25. The molecule has 0 amide bonds. The van der Waals surface area contributed by atoms with Gasteiger partial charge >= 0.3 is 5.97 Å². The molecule has 0 bridgehead atoms. The number of hydrogen-bond donors (Lipinski definition) is 0. The Morgan fingerprint density at radius 1 is 1.28 bits per heavy atom. The first kappa shape index (κ1) is 13.8. The van der Waals surface area contributed by atoms with Crippen molar-refractivity contribution < 1.29 is 17.9 Å². The summed E-state index contributed by atoms with van der Waals surface area (Å²) in [5.41, 5.74) is -0.301. The van der Waals surface area contributed by atoms with Gasteiger partial charge in [-0.2, -0.15) is 0 Å². The summed E-state index contributed by atoms with van der Waals surface area (Å²) in [6.07, 6.45) is 6.35. The van der Waals surface area contributed by atoms with E-state index < -0.39 is 9.84 Å². The Labute approximate surface area is 109 Å². The maximum Gasteiger partial charge on any atom is 0.306 e. The molecule has 4 nitrogen and oxygen atoms in total. The Bertz CT molecular complexity index is 403. The molecule has 0 saturated heterocycles. The van der Waals surface area contributed by atoms with E-state index in [4.69, 9.17) is 0 Å². The molecular formula is C13H22O4S. The maximum atomic E-state index is 12.2. The highest BCUT2D eigenvalue weighted by molar-refractivity contribution is 7.91. The third kappa shape index (κ3) is 3.70. The highest BCUT2D eigenvalue weighted by Gasteiger charge is 2.48. The van der Waals surface area contributed by atoms with Crippen molar-refractivity contribution >= 4 is 15.8 Å². The zero-order valence-electron chi connectivity index (χ0n) is 11.0. The average molecular weight is 274 g/mol. The van der Waals surface area contributed by atoms with E-state index in [2.05, 4.69) is 4.74 Å². The second kappa shape index (κ2) is 5.19. The van der Waals surface area contributed by atoms with Crippen LogP contribution in [0.1, 0.15) is 44.9 Å². The van der Waals surface area contributed by atoms with Crippen LogP contribution in [0.5, 0.6) is 0 Å². The van der Waals surface area contributed by atoms with Crippen LogP contribution in [-0.2, 0) is 19.4 Å². The summed E-state index contributed by atoms with van der Waals surface area (Å²) < 4.78 is 29.0. The van der Waals surface area contributed by atoms with Crippen molar-refractivity contribution in [2.24, 2.45) is 11.3 Å². The largest absolute Gasteiger partial charge is 0.469 e. The zero-order valence-corrected chi connectivity index (χ0v) is 11.8. The third-order valence-corrected chi connectivity index (χ3v) is 6.23. The summed E-state index contributed by atoms with van der Waals surface area (Å²) in [4.78, 5) is 11.3. The van der Waals surface area contributed by atoms with Gasteiger partial charge < -0.3 is 4.74 Å². The molecule has 0 N–H and O–H groups in total. The van der Waals surface area contributed by atoms with Gasteiger partial charge in [0.15, 0.2) is 9.84 Å². The fourth-order valence-electron chi connectivity index (χ4n) is 2.99.